The van der Waals surface area contributed by atoms with Gasteiger partial charge in [0.05, 0.1) is 0 Å². The van der Waals surface area contributed by atoms with Gasteiger partial charge in [0.25, 0.3) is 0 Å². The van der Waals surface area contributed by atoms with Crippen LogP contribution in [0, 0.1) is 5.41 Å². The van der Waals surface area contributed by atoms with Crippen molar-refractivity contribution in [3.8, 4) is 0 Å². The number of unbranched alkanes of at least 4 members (excludes halogenated alkanes) is 2. The summed E-state index contributed by atoms with van der Waals surface area (Å²) in [5.41, 5.74) is 0.431. The van der Waals surface area contributed by atoms with Gasteiger partial charge in [-0.05, 0) is 50.4 Å². The van der Waals surface area contributed by atoms with Crippen molar-refractivity contribution in [3.63, 3.8) is 0 Å². The van der Waals surface area contributed by atoms with E-state index in [0.717, 1.165) is 32.1 Å². The minimum absolute atomic E-state index is 0.260. The summed E-state index contributed by atoms with van der Waals surface area (Å²) in [6.07, 6.45) is 27.4. The van der Waals surface area contributed by atoms with Crippen molar-refractivity contribution < 1.29 is 9.90 Å². The van der Waals surface area contributed by atoms with Crippen LogP contribution in [0.2, 0.25) is 0 Å². The maximum atomic E-state index is 10.4. The van der Waals surface area contributed by atoms with Crippen LogP contribution in [0.25, 0.3) is 0 Å². The molecule has 0 aromatic carbocycles. The number of rotatable bonds is 15. The summed E-state index contributed by atoms with van der Waals surface area (Å²) in [5, 5.41) is 8.53. The molecule has 25 heavy (non-hydrogen) atoms. The molecule has 0 rings (SSSR count). The minimum atomic E-state index is -0.713. The lowest BCUT2D eigenvalue weighted by Crippen LogP contribution is -2.09. The Balaban J connectivity index is 3.63. The van der Waals surface area contributed by atoms with Gasteiger partial charge in [-0.3, -0.25) is 4.79 Å². The molecule has 0 heterocycles. The molecule has 0 radical (unpaired) electrons. The van der Waals surface area contributed by atoms with Gasteiger partial charge in [-0.15, -0.1) is 0 Å². The van der Waals surface area contributed by atoms with Crippen LogP contribution in [-0.4, -0.2) is 11.1 Å². The maximum Gasteiger partial charge on any atom is 0.303 e. The average molecular weight is 347 g/mol. The van der Waals surface area contributed by atoms with E-state index in [-0.39, 0.29) is 6.42 Å². The molecule has 0 spiro atoms. The number of allylic oxidation sites excluding steroid dienone is 8. The lowest BCUT2D eigenvalue weighted by Gasteiger charge is -2.22. The van der Waals surface area contributed by atoms with Gasteiger partial charge < -0.3 is 5.11 Å². The third-order valence-corrected chi connectivity index (χ3v) is 4.12. The van der Waals surface area contributed by atoms with E-state index in [9.17, 15) is 4.79 Å². The number of carboxylic acid groups (broad SMARTS) is 1. The van der Waals surface area contributed by atoms with E-state index in [2.05, 4.69) is 69.4 Å². The second-order valence-corrected chi connectivity index (χ2v) is 7.35. The largest absolute Gasteiger partial charge is 0.481 e. The van der Waals surface area contributed by atoms with E-state index in [0.29, 0.717) is 5.41 Å². The van der Waals surface area contributed by atoms with E-state index < -0.39 is 5.97 Å². The molecule has 0 saturated carbocycles. The topological polar surface area (TPSA) is 37.3 Å². The molecular weight excluding hydrogens is 308 g/mol. The predicted molar refractivity (Wildman–Crippen MR) is 110 cm³/mol. The van der Waals surface area contributed by atoms with Crippen LogP contribution in [0.5, 0.6) is 0 Å². The van der Waals surface area contributed by atoms with Crippen LogP contribution in [0.1, 0.15) is 85.0 Å². The summed E-state index contributed by atoms with van der Waals surface area (Å²) in [4.78, 5) is 10.4. The van der Waals surface area contributed by atoms with Gasteiger partial charge in [-0.1, -0.05) is 82.2 Å². The highest BCUT2D eigenvalue weighted by Gasteiger charge is 2.14. The molecule has 0 aliphatic carbocycles. The van der Waals surface area contributed by atoms with Crippen LogP contribution >= 0.6 is 0 Å². The molecule has 0 aliphatic heterocycles. The first-order valence-corrected chi connectivity index (χ1v) is 9.79. The van der Waals surface area contributed by atoms with Gasteiger partial charge in [-0.25, -0.2) is 0 Å². The zero-order valence-electron chi connectivity index (χ0n) is 16.5. The van der Waals surface area contributed by atoms with Gasteiger partial charge >= 0.3 is 5.97 Å². The highest BCUT2D eigenvalue weighted by Crippen LogP contribution is 2.27. The zero-order chi connectivity index (χ0) is 18.8. The average Bonchev–Trinajstić information content (AvgIpc) is 2.56. The molecule has 142 valence electrons. The molecule has 0 aliphatic rings. The van der Waals surface area contributed by atoms with Gasteiger partial charge in [0, 0.05) is 6.42 Å². The molecule has 0 saturated heterocycles. The van der Waals surface area contributed by atoms with Gasteiger partial charge in [0.1, 0.15) is 0 Å². The number of hydrogen-bond acceptors (Lipinski definition) is 1. The fourth-order valence-corrected chi connectivity index (χ4v) is 2.46. The van der Waals surface area contributed by atoms with Crippen LogP contribution in [0.3, 0.4) is 0 Å². The van der Waals surface area contributed by atoms with E-state index in [1.165, 1.54) is 25.7 Å². The zero-order valence-corrected chi connectivity index (χ0v) is 16.5. The first-order valence-electron chi connectivity index (χ1n) is 9.79. The quantitative estimate of drug-likeness (QED) is 0.250. The Bertz CT molecular complexity index is 439. The van der Waals surface area contributed by atoms with Crippen LogP contribution in [0.15, 0.2) is 48.6 Å². The summed E-state index contributed by atoms with van der Waals surface area (Å²) in [5.74, 6) is -0.713. The van der Waals surface area contributed by atoms with E-state index in [1.807, 2.05) is 0 Å². The van der Waals surface area contributed by atoms with Crippen molar-refractivity contribution in [2.75, 3.05) is 0 Å². The Kier molecular flexibility index (Phi) is 14.9. The summed E-state index contributed by atoms with van der Waals surface area (Å²) >= 11 is 0. The molecule has 0 atom stereocenters. The molecular formula is C23H38O2. The SMILES string of the molecule is CCCCC(C)(C)C/C=C\C/C=C\C/C=C\C/C=C\CCCC(=O)O. The van der Waals surface area contributed by atoms with Crippen LogP contribution < -0.4 is 0 Å². The van der Waals surface area contributed by atoms with Crippen molar-refractivity contribution >= 4 is 5.97 Å². The molecule has 0 amide bonds. The van der Waals surface area contributed by atoms with E-state index in [1.54, 1.807) is 0 Å². The number of carbonyl (C=O) groups is 1. The molecule has 0 aromatic heterocycles. The fraction of sp³-hybridized carbons (Fsp3) is 0.609. The molecule has 0 fully saturated rings. The minimum Gasteiger partial charge on any atom is -0.481 e. The molecule has 0 aromatic rings. The van der Waals surface area contributed by atoms with Crippen molar-refractivity contribution in [1.82, 2.24) is 0 Å². The number of hydrogen-bond donors (Lipinski definition) is 1. The standard InChI is InChI=1S/C23H38O2/c1-4-5-20-23(2,3)21-18-16-14-12-10-8-6-7-9-11-13-15-17-19-22(24)25/h6-7,10-13,16,18H,4-5,8-9,14-15,17,19-21H2,1-3H3,(H,24,25)/b7-6-,12-10-,13-11-,18-16-. The second kappa shape index (κ2) is 15.9. The van der Waals surface area contributed by atoms with Crippen molar-refractivity contribution in [1.29, 1.82) is 0 Å². The first-order chi connectivity index (χ1) is 12.0. The Morgan fingerprint density at radius 3 is 1.88 bits per heavy atom. The van der Waals surface area contributed by atoms with Crippen LogP contribution in [0.4, 0.5) is 0 Å². The highest BCUT2D eigenvalue weighted by molar-refractivity contribution is 5.66. The maximum absolute atomic E-state index is 10.4. The van der Waals surface area contributed by atoms with Gasteiger partial charge in [0.15, 0.2) is 0 Å². The Morgan fingerprint density at radius 2 is 1.36 bits per heavy atom. The molecule has 2 nitrogen and oxygen atoms in total. The molecule has 0 bridgehead atoms. The number of carboxylic acids is 1. The third kappa shape index (κ3) is 18.6. The normalized spacial score (nSPS) is 13.1. The van der Waals surface area contributed by atoms with Crippen molar-refractivity contribution in [2.45, 2.75) is 85.0 Å². The molecule has 0 unspecified atom stereocenters. The monoisotopic (exact) mass is 346 g/mol. The van der Waals surface area contributed by atoms with Gasteiger partial charge in [0.2, 0.25) is 0 Å². The lowest BCUT2D eigenvalue weighted by atomic mass is 9.84. The summed E-state index contributed by atoms with van der Waals surface area (Å²) in [6.45, 7) is 6.96. The third-order valence-electron chi connectivity index (χ3n) is 4.12. The van der Waals surface area contributed by atoms with Crippen molar-refractivity contribution in [3.05, 3.63) is 48.6 Å². The summed E-state index contributed by atoms with van der Waals surface area (Å²) in [7, 11) is 0. The Hall–Kier alpha value is -1.57. The van der Waals surface area contributed by atoms with Gasteiger partial charge in [-0.2, -0.15) is 0 Å². The van der Waals surface area contributed by atoms with E-state index >= 15 is 0 Å². The molecule has 1 N–H and O–H groups in total. The lowest BCUT2D eigenvalue weighted by molar-refractivity contribution is -0.137. The summed E-state index contributed by atoms with van der Waals surface area (Å²) < 4.78 is 0. The first kappa shape index (κ1) is 23.4. The highest BCUT2D eigenvalue weighted by atomic mass is 16.4. The van der Waals surface area contributed by atoms with E-state index in [4.69, 9.17) is 5.11 Å². The second-order valence-electron chi connectivity index (χ2n) is 7.35. The van der Waals surface area contributed by atoms with Crippen LogP contribution in [-0.2, 0) is 4.79 Å². The van der Waals surface area contributed by atoms with Crippen molar-refractivity contribution in [2.24, 2.45) is 5.41 Å². The molecule has 2 heteroatoms. The fourth-order valence-electron chi connectivity index (χ4n) is 2.46. The smallest absolute Gasteiger partial charge is 0.303 e. The summed E-state index contributed by atoms with van der Waals surface area (Å²) in [6, 6.07) is 0. The Morgan fingerprint density at radius 1 is 0.840 bits per heavy atom. The number of aliphatic carboxylic acids is 1. The predicted octanol–water partition coefficient (Wildman–Crippen LogP) is 7.24. The Labute approximate surface area is 155 Å².